The van der Waals surface area contributed by atoms with Gasteiger partial charge >= 0.3 is 0 Å². The van der Waals surface area contributed by atoms with Crippen molar-refractivity contribution in [1.29, 1.82) is 0 Å². The van der Waals surface area contributed by atoms with Crippen LogP contribution in [0.5, 0.6) is 5.75 Å². The lowest BCUT2D eigenvalue weighted by molar-refractivity contribution is 0.473. The van der Waals surface area contributed by atoms with Gasteiger partial charge in [0, 0.05) is 6.04 Å². The third kappa shape index (κ3) is 2.24. The molecule has 0 aliphatic heterocycles. The van der Waals surface area contributed by atoms with Crippen molar-refractivity contribution in [2.45, 2.75) is 19.4 Å². The van der Waals surface area contributed by atoms with Gasteiger partial charge in [-0.15, -0.1) is 0 Å². The van der Waals surface area contributed by atoms with E-state index in [1.54, 1.807) is 18.2 Å². The molecule has 0 heterocycles. The average molecular weight is 164 g/mol. The van der Waals surface area contributed by atoms with E-state index in [9.17, 15) is 0 Å². The normalized spacial score (nSPS) is 12.8. The molecule has 0 saturated heterocycles. The minimum atomic E-state index is 0.00194. The van der Waals surface area contributed by atoms with Crippen molar-refractivity contribution in [3.8, 4) is 5.75 Å². The summed E-state index contributed by atoms with van der Waals surface area (Å²) in [7, 11) is 0. The van der Waals surface area contributed by atoms with Crippen molar-refractivity contribution in [1.82, 2.24) is 0 Å². The van der Waals surface area contributed by atoms with Gasteiger partial charge in [-0.05, 0) is 30.5 Å². The Morgan fingerprint density at radius 1 is 1.58 bits per heavy atom. The Labute approximate surface area is 73.0 Å². The van der Waals surface area contributed by atoms with Crippen LogP contribution < -0.4 is 5.73 Å². The van der Waals surface area contributed by atoms with Gasteiger partial charge < -0.3 is 10.8 Å². The molecule has 0 aromatic heterocycles. The fourth-order valence-corrected chi connectivity index (χ4v) is 1.15. The largest absolute Gasteiger partial charge is 0.508 e. The van der Waals surface area contributed by atoms with Crippen LogP contribution in [-0.2, 0) is 0 Å². The number of phenols is 1. The number of benzene rings is 1. The van der Waals surface area contributed by atoms with Crippen LogP contribution >= 0.6 is 0 Å². The van der Waals surface area contributed by atoms with E-state index in [1.165, 1.54) is 0 Å². The van der Waals surface area contributed by atoms with Crippen LogP contribution in [0, 0.1) is 6.42 Å². The minimum absolute atomic E-state index is 0.00194. The first-order chi connectivity index (χ1) is 5.74. The zero-order chi connectivity index (χ0) is 8.97. The monoisotopic (exact) mass is 164 g/mol. The van der Waals surface area contributed by atoms with E-state index in [0.29, 0.717) is 0 Å². The molecule has 0 amide bonds. The van der Waals surface area contributed by atoms with Crippen LogP contribution in [-0.4, -0.2) is 5.11 Å². The number of nitrogens with two attached hydrogens (primary N) is 1. The molecule has 0 aliphatic carbocycles. The highest BCUT2D eigenvalue weighted by molar-refractivity contribution is 5.29. The van der Waals surface area contributed by atoms with Gasteiger partial charge in [0.15, 0.2) is 0 Å². The van der Waals surface area contributed by atoms with E-state index < -0.39 is 0 Å². The molecule has 0 aliphatic rings. The maximum atomic E-state index is 9.16. The van der Waals surface area contributed by atoms with Crippen molar-refractivity contribution in [2.24, 2.45) is 5.73 Å². The van der Waals surface area contributed by atoms with Gasteiger partial charge in [0.1, 0.15) is 5.75 Å². The Morgan fingerprint density at radius 3 is 2.92 bits per heavy atom. The molecule has 1 radical (unpaired) electrons. The van der Waals surface area contributed by atoms with E-state index in [0.717, 1.165) is 12.0 Å². The number of hydrogen-bond donors (Lipinski definition) is 2. The Balaban J connectivity index is 2.73. The summed E-state index contributed by atoms with van der Waals surface area (Å²) in [6, 6.07) is 7.08. The first-order valence-electron chi connectivity index (χ1n) is 4.06. The maximum Gasteiger partial charge on any atom is 0.115 e. The predicted octanol–water partition coefficient (Wildman–Crippen LogP) is 2.01. The highest BCUT2D eigenvalue weighted by Gasteiger charge is 2.04. The van der Waals surface area contributed by atoms with Crippen LogP contribution in [0.4, 0.5) is 0 Å². The molecular weight excluding hydrogens is 150 g/mol. The Morgan fingerprint density at radius 2 is 2.33 bits per heavy atom. The summed E-state index contributed by atoms with van der Waals surface area (Å²) < 4.78 is 0. The van der Waals surface area contributed by atoms with Crippen molar-refractivity contribution in [3.63, 3.8) is 0 Å². The van der Waals surface area contributed by atoms with Crippen molar-refractivity contribution >= 4 is 0 Å². The topological polar surface area (TPSA) is 46.2 Å². The molecule has 1 aromatic carbocycles. The lowest BCUT2D eigenvalue weighted by atomic mass is 10.0. The molecule has 1 aromatic rings. The molecule has 2 heteroatoms. The Kier molecular flexibility index (Phi) is 3.11. The van der Waals surface area contributed by atoms with Crippen LogP contribution in [0.25, 0.3) is 0 Å². The van der Waals surface area contributed by atoms with Gasteiger partial charge in [-0.2, -0.15) is 0 Å². The van der Waals surface area contributed by atoms with E-state index in [4.69, 9.17) is 10.8 Å². The van der Waals surface area contributed by atoms with Crippen molar-refractivity contribution in [3.05, 3.63) is 36.2 Å². The molecule has 0 saturated carbocycles. The first kappa shape index (κ1) is 9.07. The van der Waals surface area contributed by atoms with Crippen molar-refractivity contribution < 1.29 is 5.11 Å². The highest BCUT2D eigenvalue weighted by atomic mass is 16.3. The predicted molar refractivity (Wildman–Crippen MR) is 49.6 cm³/mol. The summed E-state index contributed by atoms with van der Waals surface area (Å²) in [6.45, 7) is 1.97. The quantitative estimate of drug-likeness (QED) is 0.717. The molecular formula is C10H14NO. The third-order valence-electron chi connectivity index (χ3n) is 1.79. The van der Waals surface area contributed by atoms with Crippen LogP contribution in [0.2, 0.25) is 0 Å². The zero-order valence-corrected chi connectivity index (χ0v) is 7.20. The summed E-state index contributed by atoms with van der Waals surface area (Å²) in [6.07, 6.45) is 2.86. The Hall–Kier alpha value is -1.02. The molecule has 12 heavy (non-hydrogen) atoms. The van der Waals surface area contributed by atoms with Crippen LogP contribution in [0.15, 0.2) is 24.3 Å². The van der Waals surface area contributed by atoms with E-state index in [1.807, 2.05) is 19.4 Å². The lowest BCUT2D eigenvalue weighted by Gasteiger charge is -2.09. The maximum absolute atomic E-state index is 9.16. The van der Waals surface area contributed by atoms with E-state index in [2.05, 4.69) is 0 Å². The molecule has 2 nitrogen and oxygen atoms in total. The van der Waals surface area contributed by atoms with Gasteiger partial charge in [-0.25, -0.2) is 0 Å². The second-order valence-electron chi connectivity index (χ2n) is 2.85. The smallest absolute Gasteiger partial charge is 0.115 e. The second-order valence-corrected chi connectivity index (χ2v) is 2.85. The molecule has 65 valence electrons. The van der Waals surface area contributed by atoms with Crippen molar-refractivity contribution in [2.75, 3.05) is 0 Å². The minimum Gasteiger partial charge on any atom is -0.508 e. The number of aromatic hydroxyl groups is 1. The molecule has 0 spiro atoms. The van der Waals surface area contributed by atoms with Gasteiger partial charge in [-0.3, -0.25) is 0 Å². The van der Waals surface area contributed by atoms with Crippen LogP contribution in [0.1, 0.15) is 24.9 Å². The van der Waals surface area contributed by atoms with E-state index in [-0.39, 0.29) is 11.8 Å². The fourth-order valence-electron chi connectivity index (χ4n) is 1.15. The lowest BCUT2D eigenvalue weighted by Crippen LogP contribution is -2.09. The molecule has 0 fully saturated rings. The molecule has 1 atom stereocenters. The zero-order valence-electron chi connectivity index (χ0n) is 7.20. The fraction of sp³-hybridized carbons (Fsp3) is 0.300. The molecule has 3 N–H and O–H groups in total. The number of rotatable bonds is 3. The van der Waals surface area contributed by atoms with Gasteiger partial charge in [-0.1, -0.05) is 19.1 Å². The molecule has 0 bridgehead atoms. The number of hydrogen-bond acceptors (Lipinski definition) is 2. The highest BCUT2D eigenvalue weighted by Crippen LogP contribution is 2.19. The number of phenolic OH excluding ortho intramolecular Hbond substituents is 1. The van der Waals surface area contributed by atoms with Gasteiger partial charge in [0.2, 0.25) is 0 Å². The summed E-state index contributed by atoms with van der Waals surface area (Å²) in [5.41, 5.74) is 6.81. The second kappa shape index (κ2) is 4.12. The molecule has 1 rings (SSSR count). The summed E-state index contributed by atoms with van der Waals surface area (Å²) in [5, 5.41) is 9.16. The SMILES string of the molecule is C[CH]CC(N)c1cccc(O)c1. The Bertz CT molecular complexity index is 247. The summed E-state index contributed by atoms with van der Waals surface area (Å²) >= 11 is 0. The summed E-state index contributed by atoms with van der Waals surface area (Å²) in [5.74, 6) is 0.277. The first-order valence-corrected chi connectivity index (χ1v) is 4.06. The van der Waals surface area contributed by atoms with Gasteiger partial charge in [0.05, 0.1) is 0 Å². The molecule has 1 unspecified atom stereocenters. The third-order valence-corrected chi connectivity index (χ3v) is 1.79. The summed E-state index contributed by atoms with van der Waals surface area (Å²) in [4.78, 5) is 0. The van der Waals surface area contributed by atoms with E-state index >= 15 is 0 Å². The average Bonchev–Trinajstić information content (AvgIpc) is 2.05. The van der Waals surface area contributed by atoms with Crippen LogP contribution in [0.3, 0.4) is 0 Å². The van der Waals surface area contributed by atoms with Gasteiger partial charge in [0.25, 0.3) is 0 Å². The standard InChI is InChI=1S/C10H14NO/c1-2-4-10(11)8-5-3-6-9(12)7-8/h2-3,5-7,10,12H,4,11H2,1H3.